The number of nitrogens with two attached hydrogens (primary N) is 1. The number of carbonyl (C=O) groups excluding carboxylic acids is 2. The zero-order chi connectivity index (χ0) is 21.6. The van der Waals surface area contributed by atoms with Crippen molar-refractivity contribution in [3.8, 4) is 0 Å². The lowest BCUT2D eigenvalue weighted by Gasteiger charge is -2.17. The lowest BCUT2D eigenvalue weighted by molar-refractivity contribution is -0.128. The van der Waals surface area contributed by atoms with E-state index in [0.717, 1.165) is 32.1 Å². The fourth-order valence-electron chi connectivity index (χ4n) is 3.75. The van der Waals surface area contributed by atoms with Gasteiger partial charge in [0.2, 0.25) is 5.91 Å². The van der Waals surface area contributed by atoms with E-state index in [1.54, 1.807) is 0 Å². The molecular formula is C25H50N2O2. The molecule has 0 aromatic rings. The summed E-state index contributed by atoms with van der Waals surface area (Å²) in [5, 5.41) is 2.98. The number of ketones is 1. The summed E-state index contributed by atoms with van der Waals surface area (Å²) >= 11 is 0. The fourth-order valence-corrected chi connectivity index (χ4v) is 3.75. The molecule has 0 saturated carbocycles. The predicted molar refractivity (Wildman–Crippen MR) is 125 cm³/mol. The van der Waals surface area contributed by atoms with Crippen molar-refractivity contribution >= 4 is 11.7 Å². The van der Waals surface area contributed by atoms with E-state index < -0.39 is 0 Å². The maximum Gasteiger partial charge on any atom is 0.220 e. The second-order valence-corrected chi connectivity index (χ2v) is 8.61. The third-order valence-electron chi connectivity index (χ3n) is 5.70. The second-order valence-electron chi connectivity index (χ2n) is 8.61. The van der Waals surface area contributed by atoms with E-state index in [9.17, 15) is 9.59 Å². The molecule has 0 aliphatic rings. The molecule has 1 atom stereocenters. The highest BCUT2D eigenvalue weighted by molar-refractivity contribution is 5.88. The summed E-state index contributed by atoms with van der Waals surface area (Å²) in [7, 11) is 0. The molecule has 0 aromatic carbocycles. The first-order chi connectivity index (χ1) is 14.2. The molecule has 0 rings (SSSR count). The number of Topliss-reactive ketones (excluding diaryl/α,β-unsaturated/α-hetero) is 1. The molecule has 0 heterocycles. The van der Waals surface area contributed by atoms with Gasteiger partial charge in [-0.25, -0.2) is 0 Å². The minimum Gasteiger partial charge on any atom is -0.346 e. The zero-order valence-electron chi connectivity index (χ0n) is 19.6. The molecule has 4 heteroatoms. The third kappa shape index (κ3) is 18.8. The smallest absolute Gasteiger partial charge is 0.220 e. The molecule has 1 unspecified atom stereocenters. The molecule has 0 aliphatic carbocycles. The van der Waals surface area contributed by atoms with E-state index in [2.05, 4.69) is 19.2 Å². The summed E-state index contributed by atoms with van der Waals surface area (Å²) in [6.07, 6.45) is 20.9. The van der Waals surface area contributed by atoms with E-state index in [1.807, 2.05) is 0 Å². The first-order valence-corrected chi connectivity index (χ1v) is 12.7. The molecule has 0 aliphatic heterocycles. The summed E-state index contributed by atoms with van der Waals surface area (Å²) in [5.74, 6) is 0.220. The average molecular weight is 411 g/mol. The molecule has 4 nitrogen and oxygen atoms in total. The van der Waals surface area contributed by atoms with Gasteiger partial charge in [-0.3, -0.25) is 9.59 Å². The minimum absolute atomic E-state index is 0.0277. The molecule has 0 fully saturated rings. The fraction of sp³-hybridized carbons (Fsp3) is 0.920. The molecular weight excluding hydrogens is 360 g/mol. The van der Waals surface area contributed by atoms with Crippen molar-refractivity contribution in [2.45, 2.75) is 142 Å². The first-order valence-electron chi connectivity index (χ1n) is 12.7. The van der Waals surface area contributed by atoms with Crippen LogP contribution in [0.1, 0.15) is 136 Å². The molecule has 0 radical (unpaired) electrons. The van der Waals surface area contributed by atoms with Gasteiger partial charge in [0.1, 0.15) is 0 Å². The van der Waals surface area contributed by atoms with Gasteiger partial charge in [-0.05, 0) is 32.2 Å². The van der Waals surface area contributed by atoms with Gasteiger partial charge in [-0.2, -0.15) is 0 Å². The summed E-state index contributed by atoms with van der Waals surface area (Å²) in [5.41, 5.74) is 5.62. The molecule has 0 saturated heterocycles. The van der Waals surface area contributed by atoms with E-state index in [-0.39, 0.29) is 17.7 Å². The van der Waals surface area contributed by atoms with Crippen molar-refractivity contribution in [1.29, 1.82) is 0 Å². The maximum atomic E-state index is 12.6. The third-order valence-corrected chi connectivity index (χ3v) is 5.70. The Morgan fingerprint density at radius 3 is 1.59 bits per heavy atom. The molecule has 0 aromatic heterocycles. The van der Waals surface area contributed by atoms with Crippen molar-refractivity contribution in [1.82, 2.24) is 5.32 Å². The van der Waals surface area contributed by atoms with Gasteiger partial charge < -0.3 is 11.1 Å². The Morgan fingerprint density at radius 2 is 1.10 bits per heavy atom. The van der Waals surface area contributed by atoms with Crippen molar-refractivity contribution in [2.24, 2.45) is 5.73 Å². The first kappa shape index (κ1) is 28.1. The molecule has 1 amide bonds. The average Bonchev–Trinajstić information content (AvgIpc) is 2.72. The Hall–Kier alpha value is -0.900. The summed E-state index contributed by atoms with van der Waals surface area (Å²) in [4.78, 5) is 24.8. The number of hydrogen-bond acceptors (Lipinski definition) is 3. The van der Waals surface area contributed by atoms with Gasteiger partial charge in [-0.1, -0.05) is 97.3 Å². The molecule has 29 heavy (non-hydrogen) atoms. The number of unbranched alkanes of at least 4 members (excludes halogenated alkanes) is 13. The highest BCUT2D eigenvalue weighted by Gasteiger charge is 2.19. The Bertz CT molecular complexity index is 385. The van der Waals surface area contributed by atoms with E-state index in [0.29, 0.717) is 25.8 Å². The van der Waals surface area contributed by atoms with Crippen LogP contribution in [-0.4, -0.2) is 24.3 Å². The SMILES string of the molecule is CCCCCCCCCCCCC(=O)C(CCCN)NC(=O)CCCCCCC. The van der Waals surface area contributed by atoms with Crippen molar-refractivity contribution in [3.63, 3.8) is 0 Å². The van der Waals surface area contributed by atoms with Crippen LogP contribution in [0.15, 0.2) is 0 Å². The van der Waals surface area contributed by atoms with Crippen LogP contribution in [0.25, 0.3) is 0 Å². The van der Waals surface area contributed by atoms with Crippen LogP contribution in [0, 0.1) is 0 Å². The standard InChI is InChI=1S/C25H50N2O2/c1-3-5-7-9-10-11-12-13-15-16-20-24(28)23(19-18-22-26)27-25(29)21-17-14-8-6-4-2/h23H,3-22,26H2,1-2H3,(H,27,29). The number of rotatable bonds is 22. The van der Waals surface area contributed by atoms with Crippen LogP contribution in [0.2, 0.25) is 0 Å². The molecule has 0 bridgehead atoms. The van der Waals surface area contributed by atoms with Crippen molar-refractivity contribution in [2.75, 3.05) is 6.54 Å². The van der Waals surface area contributed by atoms with Gasteiger partial charge in [0, 0.05) is 12.8 Å². The summed E-state index contributed by atoms with van der Waals surface area (Å²) < 4.78 is 0. The number of amides is 1. The highest BCUT2D eigenvalue weighted by atomic mass is 16.2. The lowest BCUT2D eigenvalue weighted by Crippen LogP contribution is -2.41. The number of carbonyl (C=O) groups is 2. The zero-order valence-corrected chi connectivity index (χ0v) is 19.6. The van der Waals surface area contributed by atoms with Gasteiger partial charge in [0.25, 0.3) is 0 Å². The van der Waals surface area contributed by atoms with Crippen LogP contribution in [0.3, 0.4) is 0 Å². The van der Waals surface area contributed by atoms with Crippen LogP contribution in [-0.2, 0) is 9.59 Å². The second kappa shape index (κ2) is 21.8. The van der Waals surface area contributed by atoms with Crippen molar-refractivity contribution in [3.05, 3.63) is 0 Å². The predicted octanol–water partition coefficient (Wildman–Crippen LogP) is 6.45. The lowest BCUT2D eigenvalue weighted by atomic mass is 10.00. The Labute approximate surface area is 181 Å². The van der Waals surface area contributed by atoms with Gasteiger partial charge in [0.15, 0.2) is 5.78 Å². The quantitative estimate of drug-likeness (QED) is 0.201. The number of nitrogens with one attached hydrogen (secondary N) is 1. The van der Waals surface area contributed by atoms with Gasteiger partial charge >= 0.3 is 0 Å². The van der Waals surface area contributed by atoms with Crippen LogP contribution in [0.4, 0.5) is 0 Å². The maximum absolute atomic E-state index is 12.6. The topological polar surface area (TPSA) is 72.2 Å². The highest BCUT2D eigenvalue weighted by Crippen LogP contribution is 2.13. The normalized spacial score (nSPS) is 12.1. The molecule has 3 N–H and O–H groups in total. The largest absolute Gasteiger partial charge is 0.346 e. The number of hydrogen-bond donors (Lipinski definition) is 2. The van der Waals surface area contributed by atoms with Gasteiger partial charge in [0.05, 0.1) is 6.04 Å². The van der Waals surface area contributed by atoms with Crippen LogP contribution >= 0.6 is 0 Å². The van der Waals surface area contributed by atoms with Gasteiger partial charge in [-0.15, -0.1) is 0 Å². The molecule has 172 valence electrons. The minimum atomic E-state index is -0.333. The van der Waals surface area contributed by atoms with E-state index in [1.165, 1.54) is 70.6 Å². The Kier molecular flexibility index (Phi) is 21.1. The van der Waals surface area contributed by atoms with E-state index >= 15 is 0 Å². The summed E-state index contributed by atoms with van der Waals surface area (Å²) in [6, 6.07) is -0.333. The van der Waals surface area contributed by atoms with Crippen LogP contribution < -0.4 is 11.1 Å². The summed E-state index contributed by atoms with van der Waals surface area (Å²) in [6.45, 7) is 5.01. The van der Waals surface area contributed by atoms with E-state index in [4.69, 9.17) is 5.73 Å². The Balaban J connectivity index is 3.92. The molecule has 0 spiro atoms. The Morgan fingerprint density at radius 1 is 0.655 bits per heavy atom. The monoisotopic (exact) mass is 410 g/mol. The van der Waals surface area contributed by atoms with Crippen molar-refractivity contribution < 1.29 is 9.59 Å². The van der Waals surface area contributed by atoms with Crippen LogP contribution in [0.5, 0.6) is 0 Å².